The zero-order valence-corrected chi connectivity index (χ0v) is 9.90. The Morgan fingerprint density at radius 3 is 2.87 bits per heavy atom. The van der Waals surface area contributed by atoms with Crippen molar-refractivity contribution in [2.75, 3.05) is 0 Å². The minimum Gasteiger partial charge on any atom is -0.345 e. The quantitative estimate of drug-likeness (QED) is 0.872. The molecule has 0 fully saturated rings. The van der Waals surface area contributed by atoms with Crippen LogP contribution < -0.4 is 5.32 Å². The number of hydrogen-bond acceptors (Lipinski definition) is 3. The van der Waals surface area contributed by atoms with E-state index in [2.05, 4.69) is 5.32 Å². The van der Waals surface area contributed by atoms with Crippen molar-refractivity contribution in [3.8, 4) is 0 Å². The number of carbonyl (C=O) groups excluding carboxylic acids is 1. The van der Waals surface area contributed by atoms with Crippen LogP contribution in [0.2, 0.25) is 0 Å². The third-order valence-electron chi connectivity index (χ3n) is 2.10. The van der Waals surface area contributed by atoms with Gasteiger partial charge < -0.3 is 5.32 Å². The monoisotopic (exact) mass is 237 g/mol. The van der Waals surface area contributed by atoms with Gasteiger partial charge in [-0.05, 0) is 29.8 Å². The Morgan fingerprint density at radius 1 is 1.40 bits per heavy atom. The summed E-state index contributed by atoms with van der Waals surface area (Å²) in [6.45, 7) is 2.00. The number of carbonyl (C=O) groups is 1. The highest BCUT2D eigenvalue weighted by atomic mass is 32.1. The summed E-state index contributed by atoms with van der Waals surface area (Å²) in [5, 5.41) is 8.74. The van der Waals surface area contributed by atoms with Crippen LogP contribution in [0.25, 0.3) is 0 Å². The summed E-state index contributed by atoms with van der Waals surface area (Å²) in [6.07, 6.45) is 0. The van der Waals surface area contributed by atoms with Gasteiger partial charge in [0.1, 0.15) is 0 Å². The van der Waals surface area contributed by atoms with Gasteiger partial charge in [-0.1, -0.05) is 6.07 Å². The lowest BCUT2D eigenvalue weighted by Gasteiger charge is -2.10. The molecule has 78 valence electrons. The maximum atomic E-state index is 11.7. The molecule has 0 saturated heterocycles. The fraction of sp³-hybridized carbons (Fsp3) is 0.182. The first-order chi connectivity index (χ1) is 7.27. The first-order valence-corrected chi connectivity index (χ1v) is 6.46. The van der Waals surface area contributed by atoms with Crippen molar-refractivity contribution in [3.05, 3.63) is 44.8 Å². The lowest BCUT2D eigenvalue weighted by molar-refractivity contribution is 0.0941. The zero-order valence-electron chi connectivity index (χ0n) is 8.27. The Labute approximate surface area is 96.6 Å². The molecule has 0 aliphatic carbocycles. The van der Waals surface area contributed by atoms with Crippen LogP contribution in [0.4, 0.5) is 0 Å². The fourth-order valence-corrected chi connectivity index (χ4v) is 2.65. The normalized spacial score (nSPS) is 12.3. The molecule has 0 aromatic carbocycles. The molecular formula is C11H11NOS2. The Balaban J connectivity index is 2.01. The summed E-state index contributed by atoms with van der Waals surface area (Å²) in [7, 11) is 0. The van der Waals surface area contributed by atoms with E-state index in [9.17, 15) is 4.79 Å². The van der Waals surface area contributed by atoms with Crippen molar-refractivity contribution < 1.29 is 4.79 Å². The lowest BCUT2D eigenvalue weighted by Crippen LogP contribution is -2.25. The van der Waals surface area contributed by atoms with Crippen LogP contribution in [0.5, 0.6) is 0 Å². The summed E-state index contributed by atoms with van der Waals surface area (Å²) in [4.78, 5) is 12.9. The van der Waals surface area contributed by atoms with Gasteiger partial charge in [-0.3, -0.25) is 4.79 Å². The SMILES string of the molecule is C[C@H](NC(=O)c1ccsc1)c1cccs1. The van der Waals surface area contributed by atoms with Crippen molar-refractivity contribution in [1.82, 2.24) is 5.32 Å². The molecule has 2 nitrogen and oxygen atoms in total. The molecule has 0 unspecified atom stereocenters. The van der Waals surface area contributed by atoms with Gasteiger partial charge in [0.2, 0.25) is 0 Å². The van der Waals surface area contributed by atoms with Crippen molar-refractivity contribution in [2.24, 2.45) is 0 Å². The predicted molar refractivity (Wildman–Crippen MR) is 64.5 cm³/mol. The lowest BCUT2D eigenvalue weighted by atomic mass is 10.2. The standard InChI is InChI=1S/C11H11NOS2/c1-8(10-3-2-5-15-10)12-11(13)9-4-6-14-7-9/h2-8H,1H3,(H,12,13)/t8-/m0/s1. The molecule has 1 amide bonds. The van der Waals surface area contributed by atoms with Crippen LogP contribution in [0, 0.1) is 0 Å². The summed E-state index contributed by atoms with van der Waals surface area (Å²) in [5.41, 5.74) is 0.739. The molecular weight excluding hydrogens is 226 g/mol. The van der Waals surface area contributed by atoms with Crippen molar-refractivity contribution >= 4 is 28.6 Å². The van der Waals surface area contributed by atoms with E-state index in [0.29, 0.717) is 0 Å². The predicted octanol–water partition coefficient (Wildman–Crippen LogP) is 3.30. The molecule has 0 aliphatic rings. The molecule has 4 heteroatoms. The maximum Gasteiger partial charge on any atom is 0.252 e. The van der Waals surface area contributed by atoms with Gasteiger partial charge in [0.05, 0.1) is 11.6 Å². The number of hydrogen-bond donors (Lipinski definition) is 1. The number of rotatable bonds is 3. The highest BCUT2D eigenvalue weighted by Gasteiger charge is 2.11. The molecule has 0 bridgehead atoms. The van der Waals surface area contributed by atoms with E-state index in [-0.39, 0.29) is 11.9 Å². The minimum absolute atomic E-state index is 0.00264. The Hall–Kier alpha value is -1.13. The van der Waals surface area contributed by atoms with E-state index in [4.69, 9.17) is 0 Å². The van der Waals surface area contributed by atoms with E-state index < -0.39 is 0 Å². The molecule has 2 heterocycles. The van der Waals surface area contributed by atoms with E-state index in [1.165, 1.54) is 16.2 Å². The molecule has 1 atom stereocenters. The molecule has 2 aromatic rings. The first-order valence-electron chi connectivity index (χ1n) is 4.64. The molecule has 0 aliphatic heterocycles. The van der Waals surface area contributed by atoms with Gasteiger partial charge in [-0.15, -0.1) is 11.3 Å². The van der Waals surface area contributed by atoms with Crippen LogP contribution in [0.3, 0.4) is 0 Å². The van der Waals surface area contributed by atoms with Gasteiger partial charge in [0.25, 0.3) is 5.91 Å². The molecule has 2 aromatic heterocycles. The van der Waals surface area contributed by atoms with Crippen molar-refractivity contribution in [2.45, 2.75) is 13.0 Å². The smallest absolute Gasteiger partial charge is 0.252 e. The summed E-state index contributed by atoms with van der Waals surface area (Å²) >= 11 is 3.19. The topological polar surface area (TPSA) is 29.1 Å². The zero-order chi connectivity index (χ0) is 10.7. The number of nitrogens with one attached hydrogen (secondary N) is 1. The molecule has 0 saturated carbocycles. The number of thiophene rings is 2. The van der Waals surface area contributed by atoms with Gasteiger partial charge in [0.15, 0.2) is 0 Å². The van der Waals surface area contributed by atoms with Crippen LogP contribution >= 0.6 is 22.7 Å². The average molecular weight is 237 g/mol. The third-order valence-corrected chi connectivity index (χ3v) is 3.84. The summed E-state index contributed by atoms with van der Waals surface area (Å²) in [5.74, 6) is -0.00264. The Bertz CT molecular complexity index is 419. The van der Waals surface area contributed by atoms with E-state index in [1.807, 2.05) is 41.3 Å². The van der Waals surface area contributed by atoms with Gasteiger partial charge in [-0.2, -0.15) is 11.3 Å². The van der Waals surface area contributed by atoms with Crippen molar-refractivity contribution in [1.29, 1.82) is 0 Å². The van der Waals surface area contributed by atoms with E-state index in [0.717, 1.165) is 5.56 Å². The van der Waals surface area contributed by atoms with Crippen LogP contribution in [0.1, 0.15) is 28.2 Å². The fourth-order valence-electron chi connectivity index (χ4n) is 1.28. The summed E-state index contributed by atoms with van der Waals surface area (Å²) < 4.78 is 0. The molecule has 1 N–H and O–H groups in total. The van der Waals surface area contributed by atoms with Gasteiger partial charge in [-0.25, -0.2) is 0 Å². The average Bonchev–Trinajstić information content (AvgIpc) is 2.91. The van der Waals surface area contributed by atoms with Crippen LogP contribution in [0.15, 0.2) is 34.3 Å². The summed E-state index contributed by atoms with van der Waals surface area (Å²) in [6, 6.07) is 5.94. The molecule has 0 radical (unpaired) electrons. The molecule has 15 heavy (non-hydrogen) atoms. The minimum atomic E-state index is -0.00264. The largest absolute Gasteiger partial charge is 0.345 e. The van der Waals surface area contributed by atoms with Crippen molar-refractivity contribution in [3.63, 3.8) is 0 Å². The van der Waals surface area contributed by atoms with E-state index in [1.54, 1.807) is 11.3 Å². The second-order valence-corrected chi connectivity index (χ2v) is 4.98. The van der Waals surface area contributed by atoms with Gasteiger partial charge >= 0.3 is 0 Å². The molecule has 2 rings (SSSR count). The second-order valence-electron chi connectivity index (χ2n) is 3.22. The maximum absolute atomic E-state index is 11.7. The second kappa shape index (κ2) is 4.59. The first kappa shape index (κ1) is 10.4. The highest BCUT2D eigenvalue weighted by Crippen LogP contribution is 2.18. The van der Waals surface area contributed by atoms with E-state index >= 15 is 0 Å². The molecule has 0 spiro atoms. The Kier molecular flexibility index (Phi) is 3.18. The number of amides is 1. The van der Waals surface area contributed by atoms with Crippen LogP contribution in [-0.2, 0) is 0 Å². The highest BCUT2D eigenvalue weighted by molar-refractivity contribution is 7.10. The van der Waals surface area contributed by atoms with Gasteiger partial charge in [0, 0.05) is 10.3 Å². The van der Waals surface area contributed by atoms with Crippen LogP contribution in [-0.4, -0.2) is 5.91 Å². The third kappa shape index (κ3) is 2.46. The Morgan fingerprint density at radius 2 is 2.27 bits per heavy atom.